The van der Waals surface area contributed by atoms with Gasteiger partial charge in [0.05, 0.1) is 17.5 Å². The fraction of sp³-hybridized carbons (Fsp3) is 0.333. The van der Waals surface area contributed by atoms with E-state index in [1.807, 2.05) is 17.2 Å². The number of nitrogens with zero attached hydrogens (tertiary/aromatic N) is 2. The van der Waals surface area contributed by atoms with Crippen LogP contribution in [0.5, 0.6) is 0 Å². The predicted molar refractivity (Wildman–Crippen MR) is 98.2 cm³/mol. The Bertz CT molecular complexity index is 848. The molecule has 2 amide bonds. The summed E-state index contributed by atoms with van der Waals surface area (Å²) in [7, 11) is 0. The normalized spacial score (nSPS) is 16.0. The number of carbonyl (C=O) groups excluding carboxylic acids is 2. The zero-order valence-electron chi connectivity index (χ0n) is 14.3. The Morgan fingerprint density at radius 1 is 1.38 bits per heavy atom. The summed E-state index contributed by atoms with van der Waals surface area (Å²) >= 11 is 1.71. The van der Waals surface area contributed by atoms with Gasteiger partial charge in [0.1, 0.15) is 0 Å². The zero-order chi connectivity index (χ0) is 18.7. The summed E-state index contributed by atoms with van der Waals surface area (Å²) in [6.07, 6.45) is 1.64. The van der Waals surface area contributed by atoms with Crippen molar-refractivity contribution in [2.75, 3.05) is 13.1 Å². The molecule has 1 atom stereocenters. The zero-order valence-corrected chi connectivity index (χ0v) is 15.1. The number of hydrogen-bond donors (Lipinski definition) is 1. The van der Waals surface area contributed by atoms with Crippen molar-refractivity contribution < 1.29 is 14.5 Å². The molecule has 2 aromatic rings. The van der Waals surface area contributed by atoms with Crippen LogP contribution in [0.25, 0.3) is 0 Å². The van der Waals surface area contributed by atoms with E-state index in [1.165, 1.54) is 34.7 Å². The molecule has 0 fully saturated rings. The molecule has 136 valence electrons. The Balaban J connectivity index is 1.64. The number of fused-ring (bicyclic) bond motifs is 1. The molecule has 1 aliphatic heterocycles. The van der Waals surface area contributed by atoms with E-state index in [0.29, 0.717) is 6.54 Å². The van der Waals surface area contributed by atoms with Crippen LogP contribution in [0.2, 0.25) is 0 Å². The van der Waals surface area contributed by atoms with E-state index in [2.05, 4.69) is 11.4 Å². The minimum Gasteiger partial charge on any atom is -0.343 e. The smallest absolute Gasteiger partial charge is 0.270 e. The fourth-order valence-corrected chi connectivity index (χ4v) is 4.18. The maximum absolute atomic E-state index is 12.6. The van der Waals surface area contributed by atoms with Crippen LogP contribution in [0.15, 0.2) is 35.7 Å². The van der Waals surface area contributed by atoms with Crippen molar-refractivity contribution in [1.29, 1.82) is 0 Å². The molecule has 0 bridgehead atoms. The van der Waals surface area contributed by atoms with Gasteiger partial charge in [-0.05, 0) is 35.9 Å². The summed E-state index contributed by atoms with van der Waals surface area (Å²) in [5, 5.41) is 15.4. The van der Waals surface area contributed by atoms with Crippen LogP contribution < -0.4 is 5.32 Å². The summed E-state index contributed by atoms with van der Waals surface area (Å²) in [5.74, 6) is -0.643. The molecular weight excluding hydrogens is 354 g/mol. The standard InChI is InChI=1S/C18H19N3O4S/c1-2-15-14-7-9-26-16(14)6-8-20(15)17(22)11-19-18(23)12-4-3-5-13(10-12)21(24)25/h3-5,7,9-10,15H,2,6,8,11H2,1H3,(H,19,23). The van der Waals surface area contributed by atoms with Crippen LogP contribution in [0, 0.1) is 10.1 Å². The van der Waals surface area contributed by atoms with Gasteiger partial charge in [-0.2, -0.15) is 0 Å². The van der Waals surface area contributed by atoms with Crippen LogP contribution in [-0.2, 0) is 11.2 Å². The maximum atomic E-state index is 12.6. The largest absolute Gasteiger partial charge is 0.343 e. The fourth-order valence-electron chi connectivity index (χ4n) is 3.26. The molecule has 1 aliphatic rings. The van der Waals surface area contributed by atoms with Gasteiger partial charge in [0.2, 0.25) is 5.91 Å². The molecule has 0 saturated carbocycles. The number of thiophene rings is 1. The number of nitro benzene ring substituents is 1. The van der Waals surface area contributed by atoms with E-state index in [-0.39, 0.29) is 29.7 Å². The van der Waals surface area contributed by atoms with Crippen molar-refractivity contribution in [2.24, 2.45) is 0 Å². The lowest BCUT2D eigenvalue weighted by atomic mass is 9.98. The van der Waals surface area contributed by atoms with Crippen LogP contribution in [0.3, 0.4) is 0 Å². The number of nitro groups is 1. The lowest BCUT2D eigenvalue weighted by molar-refractivity contribution is -0.384. The third kappa shape index (κ3) is 3.60. The monoisotopic (exact) mass is 373 g/mol. The summed E-state index contributed by atoms with van der Waals surface area (Å²) < 4.78 is 0. The Morgan fingerprint density at radius 3 is 2.92 bits per heavy atom. The summed E-state index contributed by atoms with van der Waals surface area (Å²) in [5.41, 5.74) is 1.20. The average Bonchev–Trinajstić information content (AvgIpc) is 3.13. The first kappa shape index (κ1) is 18.1. The number of carbonyl (C=O) groups is 2. The van der Waals surface area contributed by atoms with Gasteiger partial charge in [0.25, 0.3) is 11.6 Å². The van der Waals surface area contributed by atoms with Gasteiger partial charge >= 0.3 is 0 Å². The maximum Gasteiger partial charge on any atom is 0.270 e. The molecule has 8 heteroatoms. The Morgan fingerprint density at radius 2 is 2.19 bits per heavy atom. The van der Waals surface area contributed by atoms with Crippen LogP contribution in [-0.4, -0.2) is 34.7 Å². The van der Waals surface area contributed by atoms with E-state index in [1.54, 1.807) is 11.3 Å². The molecule has 3 rings (SSSR count). The summed E-state index contributed by atoms with van der Waals surface area (Å²) in [6, 6.07) is 7.56. The predicted octanol–water partition coefficient (Wildman–Crippen LogP) is 2.92. The van der Waals surface area contributed by atoms with E-state index >= 15 is 0 Å². The molecule has 26 heavy (non-hydrogen) atoms. The van der Waals surface area contributed by atoms with E-state index in [0.717, 1.165) is 12.8 Å². The number of amides is 2. The summed E-state index contributed by atoms with van der Waals surface area (Å²) in [4.78, 5) is 38.2. The minimum atomic E-state index is -0.556. The molecule has 1 N–H and O–H groups in total. The first-order valence-electron chi connectivity index (χ1n) is 8.39. The first-order valence-corrected chi connectivity index (χ1v) is 9.27. The number of nitrogens with one attached hydrogen (secondary N) is 1. The van der Waals surface area contributed by atoms with Gasteiger partial charge in [-0.25, -0.2) is 0 Å². The minimum absolute atomic E-state index is 0.0345. The van der Waals surface area contributed by atoms with Crippen LogP contribution in [0.4, 0.5) is 5.69 Å². The highest BCUT2D eigenvalue weighted by atomic mass is 32.1. The molecule has 0 spiro atoms. The molecule has 0 radical (unpaired) electrons. The van der Waals surface area contributed by atoms with Crippen molar-refractivity contribution in [1.82, 2.24) is 10.2 Å². The van der Waals surface area contributed by atoms with Gasteiger partial charge in [0.15, 0.2) is 0 Å². The highest BCUT2D eigenvalue weighted by Gasteiger charge is 2.30. The van der Waals surface area contributed by atoms with Crippen molar-refractivity contribution in [2.45, 2.75) is 25.8 Å². The first-order chi connectivity index (χ1) is 12.5. The summed E-state index contributed by atoms with van der Waals surface area (Å²) in [6.45, 7) is 2.55. The van der Waals surface area contributed by atoms with Gasteiger partial charge in [0, 0.05) is 29.1 Å². The van der Waals surface area contributed by atoms with Crippen molar-refractivity contribution in [3.05, 3.63) is 61.8 Å². The number of benzene rings is 1. The van der Waals surface area contributed by atoms with Crippen molar-refractivity contribution in [3.63, 3.8) is 0 Å². The SMILES string of the molecule is CCC1c2ccsc2CCN1C(=O)CNC(=O)c1cccc([N+](=O)[O-])c1. The molecule has 1 aromatic carbocycles. The van der Waals surface area contributed by atoms with Gasteiger partial charge in [-0.15, -0.1) is 11.3 Å². The van der Waals surface area contributed by atoms with Crippen LogP contribution in [0.1, 0.15) is 40.2 Å². The highest BCUT2D eigenvalue weighted by Crippen LogP contribution is 2.35. The molecule has 0 aliphatic carbocycles. The lowest BCUT2D eigenvalue weighted by Gasteiger charge is -2.35. The number of rotatable bonds is 5. The van der Waals surface area contributed by atoms with E-state index in [4.69, 9.17) is 0 Å². The highest BCUT2D eigenvalue weighted by molar-refractivity contribution is 7.10. The number of non-ortho nitro benzene ring substituents is 1. The lowest BCUT2D eigenvalue weighted by Crippen LogP contribution is -2.44. The van der Waals surface area contributed by atoms with Gasteiger partial charge in [-0.1, -0.05) is 13.0 Å². The Hall–Kier alpha value is -2.74. The van der Waals surface area contributed by atoms with Crippen LogP contribution >= 0.6 is 11.3 Å². The molecule has 2 heterocycles. The number of hydrogen-bond acceptors (Lipinski definition) is 5. The Labute approximate surface area is 154 Å². The van der Waals surface area contributed by atoms with E-state index < -0.39 is 10.8 Å². The second-order valence-corrected chi connectivity index (χ2v) is 7.05. The second-order valence-electron chi connectivity index (χ2n) is 6.05. The topological polar surface area (TPSA) is 92.6 Å². The third-order valence-electron chi connectivity index (χ3n) is 4.52. The quantitative estimate of drug-likeness (QED) is 0.644. The molecule has 1 aromatic heterocycles. The second kappa shape index (κ2) is 7.65. The van der Waals surface area contributed by atoms with Crippen molar-refractivity contribution in [3.8, 4) is 0 Å². The Kier molecular flexibility index (Phi) is 5.32. The molecule has 1 unspecified atom stereocenters. The van der Waals surface area contributed by atoms with Gasteiger partial charge in [-0.3, -0.25) is 19.7 Å². The molecule has 0 saturated heterocycles. The third-order valence-corrected chi connectivity index (χ3v) is 5.52. The van der Waals surface area contributed by atoms with Gasteiger partial charge < -0.3 is 10.2 Å². The van der Waals surface area contributed by atoms with Crippen molar-refractivity contribution >= 4 is 28.8 Å². The molecular formula is C18H19N3O4S. The molecule has 7 nitrogen and oxygen atoms in total. The van der Waals surface area contributed by atoms with E-state index in [9.17, 15) is 19.7 Å². The average molecular weight is 373 g/mol.